The van der Waals surface area contributed by atoms with E-state index >= 15 is 0 Å². The molecule has 0 aromatic heterocycles. The van der Waals surface area contributed by atoms with Crippen molar-refractivity contribution < 1.29 is 0 Å². The lowest BCUT2D eigenvalue weighted by Gasteiger charge is -2.21. The van der Waals surface area contributed by atoms with Crippen LogP contribution in [0.2, 0.25) is 0 Å². The van der Waals surface area contributed by atoms with E-state index < -0.39 is 0 Å². The summed E-state index contributed by atoms with van der Waals surface area (Å²) in [4.78, 5) is 0. The molecule has 0 heterocycles. The molecule has 0 radical (unpaired) electrons. The van der Waals surface area contributed by atoms with E-state index in [4.69, 9.17) is 0 Å². The third kappa shape index (κ3) is 2.88. The van der Waals surface area contributed by atoms with Gasteiger partial charge in [-0.25, -0.2) is 4.40 Å². The summed E-state index contributed by atoms with van der Waals surface area (Å²) >= 11 is 1.52. The predicted octanol–water partition coefficient (Wildman–Crippen LogP) is 3.80. The van der Waals surface area contributed by atoms with Crippen molar-refractivity contribution in [2.24, 2.45) is 9.81 Å². The molecule has 76 valence electrons. The Hall–Kier alpha value is -0.760. The molecule has 0 amide bonds. The zero-order chi connectivity index (χ0) is 10.6. The molecule has 0 aliphatic heterocycles. The topological polar surface area (TPSA) is 12.4 Å². The van der Waals surface area contributed by atoms with Crippen LogP contribution in [0.3, 0.4) is 0 Å². The molecule has 0 atom stereocenters. The average molecular weight is 207 g/mol. The van der Waals surface area contributed by atoms with Gasteiger partial charge in [-0.1, -0.05) is 51.1 Å². The van der Waals surface area contributed by atoms with E-state index in [-0.39, 0.29) is 5.41 Å². The van der Waals surface area contributed by atoms with E-state index in [1.165, 1.54) is 17.5 Å². The van der Waals surface area contributed by atoms with Gasteiger partial charge in [0.25, 0.3) is 0 Å². The molecule has 0 unspecified atom stereocenters. The Balaban J connectivity index is 3.09. The van der Waals surface area contributed by atoms with Gasteiger partial charge in [0, 0.05) is 11.7 Å². The van der Waals surface area contributed by atoms with Gasteiger partial charge in [0.05, 0.1) is 5.71 Å². The van der Waals surface area contributed by atoms with Gasteiger partial charge in [0.15, 0.2) is 0 Å². The molecular formula is C12H17NS. The summed E-state index contributed by atoms with van der Waals surface area (Å²) in [6, 6.07) is 10.4. The maximum absolute atomic E-state index is 4.50. The number of rotatable bonds is 2. The van der Waals surface area contributed by atoms with Gasteiger partial charge < -0.3 is 0 Å². The Labute approximate surface area is 90.8 Å². The van der Waals surface area contributed by atoms with E-state index in [2.05, 4.69) is 49.4 Å². The van der Waals surface area contributed by atoms with E-state index in [0.29, 0.717) is 0 Å². The van der Waals surface area contributed by atoms with E-state index in [1.54, 1.807) is 0 Å². The van der Waals surface area contributed by atoms with Crippen LogP contribution in [-0.4, -0.2) is 12.0 Å². The van der Waals surface area contributed by atoms with Crippen LogP contribution in [0.1, 0.15) is 26.3 Å². The molecule has 0 aliphatic rings. The zero-order valence-electron chi connectivity index (χ0n) is 9.24. The quantitative estimate of drug-likeness (QED) is 0.531. The highest BCUT2D eigenvalue weighted by molar-refractivity contribution is 7.97. The zero-order valence-corrected chi connectivity index (χ0v) is 10.1. The van der Waals surface area contributed by atoms with Crippen LogP contribution in [0.15, 0.2) is 34.7 Å². The van der Waals surface area contributed by atoms with Gasteiger partial charge in [-0.15, -0.1) is 0 Å². The van der Waals surface area contributed by atoms with Gasteiger partial charge in [0.2, 0.25) is 0 Å². The van der Waals surface area contributed by atoms with Gasteiger partial charge in [-0.05, 0) is 17.5 Å². The van der Waals surface area contributed by atoms with E-state index in [9.17, 15) is 0 Å². The summed E-state index contributed by atoms with van der Waals surface area (Å²) in [6.45, 7) is 6.57. The van der Waals surface area contributed by atoms with Crippen molar-refractivity contribution in [1.29, 1.82) is 0 Å². The second kappa shape index (κ2) is 4.65. The smallest absolute Gasteiger partial charge is 0.0612 e. The molecule has 0 aliphatic carbocycles. The molecule has 2 heteroatoms. The molecule has 1 nitrogen and oxygen atoms in total. The second-order valence-corrected chi connectivity index (χ2v) is 4.79. The molecule has 0 spiro atoms. The second-order valence-electron chi connectivity index (χ2n) is 4.24. The van der Waals surface area contributed by atoms with Crippen molar-refractivity contribution in [2.75, 3.05) is 6.26 Å². The van der Waals surface area contributed by atoms with Crippen molar-refractivity contribution in [1.82, 2.24) is 0 Å². The lowest BCUT2D eigenvalue weighted by molar-refractivity contribution is 0.594. The van der Waals surface area contributed by atoms with Gasteiger partial charge >= 0.3 is 0 Å². The summed E-state index contributed by atoms with van der Waals surface area (Å²) in [6.07, 6.45) is 1.99. The standard InChI is InChI=1S/C12H17NS/c1-12(2,3)11(13-14-4)10-8-6-5-7-9-10/h5-9H,1-4H3. The summed E-state index contributed by atoms with van der Waals surface area (Å²) in [5, 5.41) is 0. The number of nitrogens with zero attached hydrogens (tertiary/aromatic N) is 1. The fourth-order valence-corrected chi connectivity index (χ4v) is 1.87. The highest BCUT2D eigenvalue weighted by atomic mass is 32.2. The normalized spacial score (nSPS) is 13.0. The maximum Gasteiger partial charge on any atom is 0.0612 e. The molecule has 0 N–H and O–H groups in total. The van der Waals surface area contributed by atoms with Crippen LogP contribution in [0.25, 0.3) is 0 Å². The van der Waals surface area contributed by atoms with Gasteiger partial charge in [-0.3, -0.25) is 0 Å². The van der Waals surface area contributed by atoms with Crippen LogP contribution in [0.4, 0.5) is 0 Å². The minimum Gasteiger partial charge on any atom is -0.220 e. The highest BCUT2D eigenvalue weighted by Crippen LogP contribution is 2.23. The van der Waals surface area contributed by atoms with E-state index in [0.717, 1.165) is 5.71 Å². The van der Waals surface area contributed by atoms with Crippen LogP contribution < -0.4 is 0 Å². The monoisotopic (exact) mass is 207 g/mol. The Morgan fingerprint density at radius 3 is 2.14 bits per heavy atom. The molecular weight excluding hydrogens is 190 g/mol. The summed E-state index contributed by atoms with van der Waals surface area (Å²) in [5.74, 6) is 0. The first kappa shape index (κ1) is 11.3. The average Bonchev–Trinajstić information content (AvgIpc) is 2.14. The molecule has 14 heavy (non-hydrogen) atoms. The first-order valence-corrected chi connectivity index (χ1v) is 5.91. The summed E-state index contributed by atoms with van der Waals surface area (Å²) < 4.78 is 4.50. The minimum atomic E-state index is 0.102. The van der Waals surface area contributed by atoms with Crippen LogP contribution in [0.5, 0.6) is 0 Å². The minimum absolute atomic E-state index is 0.102. The Bertz CT molecular complexity index is 309. The molecule has 0 bridgehead atoms. The summed E-state index contributed by atoms with van der Waals surface area (Å²) in [7, 11) is 0. The first-order chi connectivity index (χ1) is 6.55. The Morgan fingerprint density at radius 2 is 1.71 bits per heavy atom. The molecule has 0 saturated carbocycles. The lowest BCUT2D eigenvalue weighted by atomic mass is 9.86. The fraction of sp³-hybridized carbons (Fsp3) is 0.417. The van der Waals surface area contributed by atoms with Crippen molar-refractivity contribution in [3.8, 4) is 0 Å². The highest BCUT2D eigenvalue weighted by Gasteiger charge is 2.20. The number of hydrogen-bond donors (Lipinski definition) is 0. The largest absolute Gasteiger partial charge is 0.220 e. The SMILES string of the molecule is CSN=C(c1ccccc1)C(C)(C)C. The third-order valence-corrected chi connectivity index (χ3v) is 2.31. The van der Waals surface area contributed by atoms with Crippen molar-refractivity contribution in [3.05, 3.63) is 35.9 Å². The third-order valence-electron chi connectivity index (χ3n) is 1.94. The fourth-order valence-electron chi connectivity index (χ4n) is 1.31. The molecule has 0 fully saturated rings. The van der Waals surface area contributed by atoms with Crippen LogP contribution in [-0.2, 0) is 0 Å². The van der Waals surface area contributed by atoms with Crippen molar-refractivity contribution >= 4 is 17.7 Å². The molecule has 0 saturated heterocycles. The van der Waals surface area contributed by atoms with Crippen molar-refractivity contribution in [3.63, 3.8) is 0 Å². The Kier molecular flexibility index (Phi) is 3.76. The van der Waals surface area contributed by atoms with Crippen LogP contribution in [0, 0.1) is 5.41 Å². The number of benzene rings is 1. The maximum atomic E-state index is 4.50. The predicted molar refractivity (Wildman–Crippen MR) is 65.9 cm³/mol. The number of hydrogen-bond acceptors (Lipinski definition) is 2. The van der Waals surface area contributed by atoms with Gasteiger partial charge in [-0.2, -0.15) is 0 Å². The van der Waals surface area contributed by atoms with Gasteiger partial charge in [0.1, 0.15) is 0 Å². The first-order valence-electron chi connectivity index (χ1n) is 4.73. The Morgan fingerprint density at radius 1 is 1.14 bits per heavy atom. The summed E-state index contributed by atoms with van der Waals surface area (Å²) in [5.41, 5.74) is 2.48. The van der Waals surface area contributed by atoms with E-state index in [1.807, 2.05) is 12.3 Å². The molecule has 1 rings (SSSR count). The lowest BCUT2D eigenvalue weighted by Crippen LogP contribution is -2.20. The van der Waals surface area contributed by atoms with Crippen molar-refractivity contribution in [2.45, 2.75) is 20.8 Å². The molecule has 1 aromatic rings. The molecule has 1 aromatic carbocycles. The van der Waals surface area contributed by atoms with Crippen LogP contribution >= 0.6 is 11.9 Å².